The number of fused-ring (bicyclic) bond motifs is 1. The third-order valence-electron chi connectivity index (χ3n) is 12.6. The zero-order chi connectivity index (χ0) is 48.1. The molecule has 0 saturated heterocycles. The van der Waals surface area contributed by atoms with Crippen LogP contribution in [0.5, 0.6) is 0 Å². The van der Waals surface area contributed by atoms with Gasteiger partial charge in [-0.15, -0.1) is 0 Å². The molecule has 0 spiro atoms. The number of nitrogens with two attached hydrogens (primary N) is 1. The van der Waals surface area contributed by atoms with Crippen molar-refractivity contribution < 1.29 is 0 Å². The van der Waals surface area contributed by atoms with E-state index in [4.69, 9.17) is 5.73 Å². The average molecular weight is 910 g/mol. The van der Waals surface area contributed by atoms with Crippen LogP contribution in [0.25, 0.3) is 22.8 Å². The quantitative estimate of drug-likeness (QED) is 0.144. The lowest BCUT2D eigenvalue weighted by Gasteiger charge is -2.30. The van der Waals surface area contributed by atoms with Crippen LogP contribution in [0.4, 0.5) is 17.1 Å². The first kappa shape index (κ1) is 51.5. The minimum atomic E-state index is 0.431. The molecule has 0 aromatic heterocycles. The van der Waals surface area contributed by atoms with E-state index < -0.39 is 0 Å². The van der Waals surface area contributed by atoms with Gasteiger partial charge in [0, 0.05) is 30.7 Å². The lowest BCUT2D eigenvalue weighted by atomic mass is 9.87. The summed E-state index contributed by atoms with van der Waals surface area (Å²) in [5, 5.41) is 5.86. The van der Waals surface area contributed by atoms with Gasteiger partial charge in [0.05, 0.1) is 0 Å². The number of hydrogen-bond acceptors (Lipinski definition) is 3. The van der Waals surface area contributed by atoms with Crippen molar-refractivity contribution in [2.45, 2.75) is 71.6 Å². The highest BCUT2D eigenvalue weighted by Crippen LogP contribution is 2.34. The van der Waals surface area contributed by atoms with Gasteiger partial charge in [-0.05, 0) is 144 Å². The van der Waals surface area contributed by atoms with Crippen LogP contribution in [0, 0.1) is 11.8 Å². The molecule has 354 valence electrons. The maximum Gasteiger partial charge on any atom is 0.0411 e. The van der Waals surface area contributed by atoms with E-state index >= 15 is 0 Å². The number of anilines is 3. The first-order chi connectivity index (χ1) is 34.1. The van der Waals surface area contributed by atoms with Crippen LogP contribution in [0.2, 0.25) is 0 Å². The minimum absolute atomic E-state index is 0.431. The maximum atomic E-state index is 5.96. The van der Waals surface area contributed by atoms with E-state index in [0.717, 1.165) is 38.0 Å². The third kappa shape index (κ3) is 17.0. The first-order valence-electron chi connectivity index (χ1n) is 25.4. The second-order valence-corrected chi connectivity index (χ2v) is 17.7. The Kier molecular flexibility index (Phi) is 22.2. The molecule has 3 heteroatoms. The molecule has 6 aromatic rings. The molecule has 0 aliphatic heterocycles. The summed E-state index contributed by atoms with van der Waals surface area (Å²) in [5.74, 6) is 0.948. The monoisotopic (exact) mass is 910 g/mol. The molecule has 3 N–H and O–H groups in total. The Morgan fingerprint density at radius 2 is 1.16 bits per heavy atom. The molecule has 69 heavy (non-hydrogen) atoms. The van der Waals surface area contributed by atoms with E-state index in [0.29, 0.717) is 11.8 Å². The van der Waals surface area contributed by atoms with Gasteiger partial charge in [0.25, 0.3) is 0 Å². The van der Waals surface area contributed by atoms with Gasteiger partial charge in [-0.3, -0.25) is 0 Å². The predicted molar refractivity (Wildman–Crippen MR) is 303 cm³/mol. The lowest BCUT2D eigenvalue weighted by molar-refractivity contribution is 0.557. The number of benzene rings is 6. The molecule has 6 aromatic carbocycles. The van der Waals surface area contributed by atoms with Gasteiger partial charge in [-0.1, -0.05) is 227 Å². The molecule has 0 radical (unpaired) electrons. The Balaban J connectivity index is 0.000000192. The van der Waals surface area contributed by atoms with Crippen molar-refractivity contribution in [2.75, 3.05) is 30.4 Å². The van der Waals surface area contributed by atoms with Gasteiger partial charge < -0.3 is 16.0 Å². The van der Waals surface area contributed by atoms with Crippen molar-refractivity contribution in [3.8, 4) is 0 Å². The van der Waals surface area contributed by atoms with Gasteiger partial charge >= 0.3 is 0 Å². The highest BCUT2D eigenvalue weighted by molar-refractivity contribution is 5.77. The Labute approximate surface area is 415 Å². The molecule has 0 bridgehead atoms. The van der Waals surface area contributed by atoms with E-state index in [1.165, 1.54) is 93.7 Å². The molecule has 4 aliphatic carbocycles. The maximum absolute atomic E-state index is 5.96. The number of para-hydroxylation sites is 1. The van der Waals surface area contributed by atoms with Gasteiger partial charge in [0.1, 0.15) is 0 Å². The molecule has 0 amide bonds. The molecular formula is C66H75N3. The normalized spacial score (nSPS) is 16.3. The van der Waals surface area contributed by atoms with Gasteiger partial charge in [-0.2, -0.15) is 0 Å². The van der Waals surface area contributed by atoms with Crippen molar-refractivity contribution in [3.63, 3.8) is 0 Å². The number of allylic oxidation sites excluding steroid dienone is 10. The van der Waals surface area contributed by atoms with Crippen molar-refractivity contribution >= 4 is 39.9 Å². The fourth-order valence-corrected chi connectivity index (χ4v) is 8.57. The number of nitrogens with one attached hydrogen (secondary N) is 1. The van der Waals surface area contributed by atoms with Gasteiger partial charge in [-0.25, -0.2) is 0 Å². The summed E-state index contributed by atoms with van der Waals surface area (Å²) >= 11 is 0. The summed E-state index contributed by atoms with van der Waals surface area (Å²) < 4.78 is 0. The van der Waals surface area contributed by atoms with Crippen LogP contribution in [0.3, 0.4) is 0 Å². The van der Waals surface area contributed by atoms with Crippen molar-refractivity contribution in [2.24, 2.45) is 17.6 Å². The number of rotatable bonds is 10. The molecule has 0 saturated carbocycles. The summed E-state index contributed by atoms with van der Waals surface area (Å²) in [7, 11) is 1.96. The van der Waals surface area contributed by atoms with Gasteiger partial charge in [0.15, 0.2) is 0 Å². The first-order valence-corrected chi connectivity index (χ1v) is 25.4. The average Bonchev–Trinajstić information content (AvgIpc) is 3.67. The van der Waals surface area contributed by atoms with Crippen LogP contribution in [0.15, 0.2) is 231 Å². The van der Waals surface area contributed by atoms with Crippen LogP contribution >= 0.6 is 0 Å². The standard InChI is InChI=1S/C33H37N3.C17H14.C6H8.C6H6.C4H10/c1-35-31-17-13-27(14-18-31)30-10-6-8-26(22-30)24-36(32-11-3-2-4-12-32)33-19-15-28(16-20-33)29-9-5-7-25(21-29)23-34;1-2-8-14(9-3-1)16-12-6-4-10-15-11-5-7-13-17(15)16;2*1-2-4-6-5-3-1;1-3-4-2/h2-4,6,10-22,25-26,35H,5,7-9,23-24,34H2,1H3;1-3,5-13H,4H2;1-4H,5-6H2;1-6H;3-4H2,1-2H3. The van der Waals surface area contributed by atoms with Crippen molar-refractivity contribution in [3.05, 3.63) is 258 Å². The van der Waals surface area contributed by atoms with E-state index in [2.05, 4.69) is 224 Å². The molecule has 3 nitrogen and oxygen atoms in total. The Hall–Kier alpha value is -6.94. The lowest BCUT2D eigenvalue weighted by Crippen LogP contribution is -2.25. The van der Waals surface area contributed by atoms with Crippen LogP contribution < -0.4 is 26.4 Å². The molecule has 10 rings (SSSR count). The smallest absolute Gasteiger partial charge is 0.0411 e. The Morgan fingerprint density at radius 3 is 1.77 bits per heavy atom. The summed E-state index contributed by atoms with van der Waals surface area (Å²) in [5.41, 5.74) is 17.5. The molecule has 4 aliphatic rings. The minimum Gasteiger partial charge on any atom is -0.388 e. The summed E-state index contributed by atoms with van der Waals surface area (Å²) in [4.78, 5) is 2.46. The number of unbranched alkanes of at least 4 members (excludes halogenated alkanes) is 1. The van der Waals surface area contributed by atoms with E-state index in [1.807, 2.05) is 43.4 Å². The zero-order valence-electron chi connectivity index (χ0n) is 41.5. The third-order valence-corrected chi connectivity index (χ3v) is 12.6. The summed E-state index contributed by atoms with van der Waals surface area (Å²) in [6.07, 6.45) is 35.5. The summed E-state index contributed by atoms with van der Waals surface area (Å²) in [6, 6.07) is 59.8. The van der Waals surface area contributed by atoms with Gasteiger partial charge in [0.2, 0.25) is 0 Å². The van der Waals surface area contributed by atoms with E-state index in [1.54, 1.807) is 0 Å². The Morgan fingerprint density at radius 1 is 0.565 bits per heavy atom. The molecular weight excluding hydrogens is 835 g/mol. The van der Waals surface area contributed by atoms with Crippen molar-refractivity contribution in [1.82, 2.24) is 0 Å². The predicted octanol–water partition coefficient (Wildman–Crippen LogP) is 15.7. The Bertz CT molecular complexity index is 2650. The van der Waals surface area contributed by atoms with E-state index in [9.17, 15) is 0 Å². The van der Waals surface area contributed by atoms with Crippen LogP contribution in [-0.4, -0.2) is 20.1 Å². The fraction of sp³-hybridized carbons (Fsp3) is 0.242. The molecule has 2 atom stereocenters. The SMILES string of the molecule is C1=CC(c2ccccc2)=c2ccccc2=CC1.C1=CCCC=C1.CCCC.CNc1ccc(C2=CC(CN(c3ccccc3)c3ccc(C4=CC(CN)CCC4)cc3)CC=C2)cc1.c1ccccc1. The van der Waals surface area contributed by atoms with Crippen LogP contribution in [0.1, 0.15) is 88.3 Å². The largest absolute Gasteiger partial charge is 0.388 e. The van der Waals surface area contributed by atoms with E-state index in [-0.39, 0.29) is 0 Å². The molecule has 0 heterocycles. The highest BCUT2D eigenvalue weighted by atomic mass is 15.1. The highest BCUT2D eigenvalue weighted by Gasteiger charge is 2.19. The van der Waals surface area contributed by atoms with Crippen molar-refractivity contribution in [1.29, 1.82) is 0 Å². The molecule has 2 unspecified atom stereocenters. The fourth-order valence-electron chi connectivity index (χ4n) is 8.57. The second-order valence-electron chi connectivity index (χ2n) is 17.7. The number of hydrogen-bond donors (Lipinski definition) is 2. The second kappa shape index (κ2) is 29.7. The molecule has 0 fully saturated rings. The number of nitrogens with zero attached hydrogens (tertiary/aromatic N) is 1. The van der Waals surface area contributed by atoms with Crippen LogP contribution in [-0.2, 0) is 0 Å². The summed E-state index contributed by atoms with van der Waals surface area (Å²) in [6.45, 7) is 6.04. The topological polar surface area (TPSA) is 41.3 Å². The zero-order valence-corrected chi connectivity index (χ0v) is 41.5.